The summed E-state index contributed by atoms with van der Waals surface area (Å²) in [5.74, 6) is 1.38. The van der Waals surface area contributed by atoms with Crippen LogP contribution in [0, 0.1) is 5.92 Å². The van der Waals surface area contributed by atoms with Gasteiger partial charge in [0.15, 0.2) is 0 Å². The molecule has 3 fully saturated rings. The number of fused-ring (bicyclic) bond motifs is 1. The van der Waals surface area contributed by atoms with Crippen molar-refractivity contribution in [1.29, 1.82) is 0 Å². The number of nitrogens with zero attached hydrogens (tertiary/aromatic N) is 3. The Bertz CT molecular complexity index is 1140. The van der Waals surface area contributed by atoms with E-state index >= 15 is 0 Å². The average Bonchev–Trinajstić information content (AvgIpc) is 3.43. The fourth-order valence-electron chi connectivity index (χ4n) is 6.19. The molecule has 3 aliphatic heterocycles. The number of hydrogen-bond acceptors (Lipinski definition) is 4. The highest BCUT2D eigenvalue weighted by Gasteiger charge is 2.65. The molecule has 3 aliphatic rings. The van der Waals surface area contributed by atoms with Gasteiger partial charge in [0.2, 0.25) is 5.91 Å². The second-order valence-electron chi connectivity index (χ2n) is 8.71. The Balaban J connectivity index is 1.39. The molecule has 3 saturated heterocycles. The average molecular weight is 399 g/mol. The van der Waals surface area contributed by atoms with Crippen LogP contribution in [-0.4, -0.2) is 41.5 Å². The lowest BCUT2D eigenvalue weighted by Crippen LogP contribution is -2.49. The molecule has 0 unspecified atom stereocenters. The first-order valence-corrected chi connectivity index (χ1v) is 10.8. The molecule has 5 heteroatoms. The molecule has 0 N–H and O–H groups in total. The van der Waals surface area contributed by atoms with E-state index in [4.69, 9.17) is 9.72 Å². The summed E-state index contributed by atoms with van der Waals surface area (Å²) in [7, 11) is 1.67. The van der Waals surface area contributed by atoms with E-state index in [0.717, 1.165) is 49.3 Å². The second kappa shape index (κ2) is 6.54. The maximum atomic E-state index is 13.9. The van der Waals surface area contributed by atoms with Crippen LogP contribution >= 0.6 is 0 Å². The van der Waals surface area contributed by atoms with Crippen LogP contribution in [0.2, 0.25) is 0 Å². The zero-order valence-corrected chi connectivity index (χ0v) is 17.1. The molecule has 1 amide bonds. The van der Waals surface area contributed by atoms with Crippen molar-refractivity contribution in [3.8, 4) is 5.75 Å². The lowest BCUT2D eigenvalue weighted by molar-refractivity contribution is -0.126. The summed E-state index contributed by atoms with van der Waals surface area (Å²) >= 11 is 0. The number of carbonyl (C=O) groups excluding carboxylic acids is 1. The van der Waals surface area contributed by atoms with Gasteiger partial charge in [-0.1, -0.05) is 30.3 Å². The standard InChI is InChI=1S/C25H25N3O2/c1-30-20-9-3-8-19(15-20)27-16-18-14-22(28-13-5-11-25(18,28)24(27)29)21-10-2-6-17-7-4-12-26-23(17)21/h2-4,6-10,12,15,18,22H,5,11,13-14,16H2,1H3/t18-,22-,25-/m0/s1. The van der Waals surface area contributed by atoms with E-state index in [0.29, 0.717) is 5.92 Å². The summed E-state index contributed by atoms with van der Waals surface area (Å²) in [6, 6.07) is 18.7. The lowest BCUT2D eigenvalue weighted by Gasteiger charge is -2.34. The quantitative estimate of drug-likeness (QED) is 0.663. The van der Waals surface area contributed by atoms with Crippen molar-refractivity contribution >= 4 is 22.5 Å². The topological polar surface area (TPSA) is 45.7 Å². The third-order valence-electron chi connectivity index (χ3n) is 7.44. The number of hydrogen-bond donors (Lipinski definition) is 0. The minimum absolute atomic E-state index is 0.257. The normalized spacial score (nSPS) is 28.2. The molecule has 3 atom stereocenters. The molecule has 0 saturated carbocycles. The van der Waals surface area contributed by atoms with Gasteiger partial charge >= 0.3 is 0 Å². The number of rotatable bonds is 3. The molecule has 0 radical (unpaired) electrons. The first-order valence-electron chi connectivity index (χ1n) is 10.8. The monoisotopic (exact) mass is 399 g/mol. The van der Waals surface area contributed by atoms with E-state index < -0.39 is 0 Å². The summed E-state index contributed by atoms with van der Waals surface area (Å²) in [5.41, 5.74) is 2.91. The molecule has 3 aromatic rings. The van der Waals surface area contributed by atoms with Gasteiger partial charge in [0.1, 0.15) is 11.3 Å². The number of carbonyl (C=O) groups is 1. The first kappa shape index (κ1) is 17.9. The Hall–Kier alpha value is -2.92. The number of methoxy groups -OCH3 is 1. The number of para-hydroxylation sites is 1. The van der Waals surface area contributed by atoms with E-state index in [1.54, 1.807) is 7.11 Å². The van der Waals surface area contributed by atoms with Crippen molar-refractivity contribution in [2.75, 3.05) is 25.1 Å². The summed E-state index contributed by atoms with van der Waals surface area (Å²) < 4.78 is 5.39. The molecule has 1 aromatic heterocycles. The van der Waals surface area contributed by atoms with Gasteiger partial charge in [-0.3, -0.25) is 14.7 Å². The van der Waals surface area contributed by atoms with Crippen LogP contribution in [0.3, 0.4) is 0 Å². The molecule has 0 aliphatic carbocycles. The summed E-state index contributed by atoms with van der Waals surface area (Å²) in [4.78, 5) is 23.0. The first-order chi connectivity index (χ1) is 14.7. The number of pyridine rings is 1. The summed E-state index contributed by atoms with van der Waals surface area (Å²) in [6.07, 6.45) is 4.90. The summed E-state index contributed by atoms with van der Waals surface area (Å²) in [5, 5.41) is 1.17. The summed E-state index contributed by atoms with van der Waals surface area (Å²) in [6.45, 7) is 1.75. The highest BCUT2D eigenvalue weighted by atomic mass is 16.5. The van der Waals surface area contributed by atoms with E-state index in [2.05, 4.69) is 29.2 Å². The number of benzene rings is 2. The Morgan fingerprint density at radius 2 is 2.00 bits per heavy atom. The van der Waals surface area contributed by atoms with Crippen LogP contribution < -0.4 is 9.64 Å². The van der Waals surface area contributed by atoms with E-state index in [-0.39, 0.29) is 17.5 Å². The fourth-order valence-corrected chi connectivity index (χ4v) is 6.19. The van der Waals surface area contributed by atoms with Gasteiger partial charge in [-0.15, -0.1) is 0 Å². The van der Waals surface area contributed by atoms with Crippen molar-refractivity contribution in [3.63, 3.8) is 0 Å². The molecule has 152 valence electrons. The second-order valence-corrected chi connectivity index (χ2v) is 8.71. The van der Waals surface area contributed by atoms with Gasteiger partial charge in [-0.05, 0) is 49.6 Å². The number of ether oxygens (including phenoxy) is 1. The Morgan fingerprint density at radius 1 is 1.13 bits per heavy atom. The predicted octanol–water partition coefficient (Wildman–Crippen LogP) is 4.19. The largest absolute Gasteiger partial charge is 0.497 e. The van der Waals surface area contributed by atoms with Gasteiger partial charge in [-0.2, -0.15) is 0 Å². The van der Waals surface area contributed by atoms with Crippen molar-refractivity contribution in [2.45, 2.75) is 30.8 Å². The smallest absolute Gasteiger partial charge is 0.247 e. The van der Waals surface area contributed by atoms with Crippen LogP contribution in [0.15, 0.2) is 60.8 Å². The molecule has 30 heavy (non-hydrogen) atoms. The number of amides is 1. The SMILES string of the molecule is COc1cccc(N2C[C@@H]3C[C@@H](c4cccc5cccnc45)N4CCC[C@@]34C2=O)c1. The molecule has 1 spiro atoms. The van der Waals surface area contributed by atoms with Gasteiger partial charge in [-0.25, -0.2) is 0 Å². The van der Waals surface area contributed by atoms with E-state index in [9.17, 15) is 4.79 Å². The predicted molar refractivity (Wildman–Crippen MR) is 117 cm³/mol. The lowest BCUT2D eigenvalue weighted by atomic mass is 9.85. The van der Waals surface area contributed by atoms with Crippen molar-refractivity contribution in [2.24, 2.45) is 5.92 Å². The van der Waals surface area contributed by atoms with Gasteiger partial charge in [0, 0.05) is 41.8 Å². The molecule has 2 aromatic carbocycles. The molecule has 5 nitrogen and oxygen atoms in total. The van der Waals surface area contributed by atoms with Crippen LogP contribution in [0.5, 0.6) is 5.75 Å². The zero-order valence-electron chi connectivity index (χ0n) is 17.1. The minimum Gasteiger partial charge on any atom is -0.497 e. The van der Waals surface area contributed by atoms with Crippen molar-refractivity contribution < 1.29 is 9.53 Å². The van der Waals surface area contributed by atoms with Crippen LogP contribution in [0.4, 0.5) is 5.69 Å². The van der Waals surface area contributed by atoms with Gasteiger partial charge in [0.05, 0.1) is 12.6 Å². The van der Waals surface area contributed by atoms with Crippen LogP contribution in [0.1, 0.15) is 30.9 Å². The maximum Gasteiger partial charge on any atom is 0.247 e. The molecular formula is C25H25N3O2. The highest BCUT2D eigenvalue weighted by Crippen LogP contribution is 2.57. The van der Waals surface area contributed by atoms with Gasteiger partial charge < -0.3 is 9.64 Å². The Labute approximate surface area is 176 Å². The van der Waals surface area contributed by atoms with Crippen LogP contribution in [-0.2, 0) is 4.79 Å². The zero-order chi connectivity index (χ0) is 20.3. The molecular weight excluding hydrogens is 374 g/mol. The number of anilines is 1. The maximum absolute atomic E-state index is 13.9. The minimum atomic E-state index is -0.370. The van der Waals surface area contributed by atoms with E-state index in [1.165, 1.54) is 10.9 Å². The molecule has 6 rings (SSSR count). The number of aromatic nitrogens is 1. The fraction of sp³-hybridized carbons (Fsp3) is 0.360. The van der Waals surface area contributed by atoms with Gasteiger partial charge in [0.25, 0.3) is 0 Å². The van der Waals surface area contributed by atoms with E-state index in [1.807, 2.05) is 41.4 Å². The van der Waals surface area contributed by atoms with Crippen molar-refractivity contribution in [1.82, 2.24) is 9.88 Å². The Kier molecular flexibility index (Phi) is 3.90. The highest BCUT2D eigenvalue weighted by molar-refractivity contribution is 6.04. The molecule has 4 heterocycles. The third-order valence-corrected chi connectivity index (χ3v) is 7.44. The van der Waals surface area contributed by atoms with Crippen molar-refractivity contribution in [3.05, 3.63) is 66.4 Å². The van der Waals surface area contributed by atoms with Crippen LogP contribution in [0.25, 0.3) is 10.9 Å². The molecule has 0 bridgehead atoms. The Morgan fingerprint density at radius 3 is 2.90 bits per heavy atom. The third kappa shape index (κ3) is 2.33.